The van der Waals surface area contributed by atoms with Crippen LogP contribution < -0.4 is 0 Å². The van der Waals surface area contributed by atoms with Gasteiger partial charge in [0.25, 0.3) is 0 Å². The van der Waals surface area contributed by atoms with Crippen molar-refractivity contribution in [1.29, 1.82) is 0 Å². The molecule has 0 N–H and O–H groups in total. The lowest BCUT2D eigenvalue weighted by Crippen LogP contribution is -1.87. The van der Waals surface area contributed by atoms with E-state index in [4.69, 9.17) is 4.74 Å². The maximum absolute atomic E-state index is 5.48. The van der Waals surface area contributed by atoms with Crippen LogP contribution in [0.5, 0.6) is 0 Å². The average molecular weight is 266 g/mol. The molecular formula is C18H34O. The van der Waals surface area contributed by atoms with E-state index in [1.807, 2.05) is 12.3 Å². The van der Waals surface area contributed by atoms with Gasteiger partial charge in [-0.2, -0.15) is 0 Å². The predicted molar refractivity (Wildman–Crippen MR) is 86.4 cm³/mol. The highest BCUT2D eigenvalue weighted by Gasteiger charge is 1.89. The van der Waals surface area contributed by atoms with Crippen LogP contribution in [0.3, 0.4) is 0 Å². The Bertz CT molecular complexity index is 196. The molecule has 0 spiro atoms. The topological polar surface area (TPSA) is 9.23 Å². The van der Waals surface area contributed by atoms with E-state index in [1.165, 1.54) is 70.6 Å². The SMILES string of the molecule is C=CCCCCCCO/C=C\CCCCCCCC. The van der Waals surface area contributed by atoms with E-state index in [9.17, 15) is 0 Å². The lowest BCUT2D eigenvalue weighted by Gasteiger charge is -2.01. The van der Waals surface area contributed by atoms with Gasteiger partial charge in [0.15, 0.2) is 0 Å². The van der Waals surface area contributed by atoms with Crippen molar-refractivity contribution >= 4 is 0 Å². The van der Waals surface area contributed by atoms with Crippen LogP contribution in [0, 0.1) is 0 Å². The third kappa shape index (κ3) is 17.3. The molecule has 112 valence electrons. The summed E-state index contributed by atoms with van der Waals surface area (Å²) in [6, 6.07) is 0. The van der Waals surface area contributed by atoms with Crippen molar-refractivity contribution in [1.82, 2.24) is 0 Å². The van der Waals surface area contributed by atoms with Crippen LogP contribution in [-0.4, -0.2) is 6.61 Å². The van der Waals surface area contributed by atoms with Crippen molar-refractivity contribution in [3.63, 3.8) is 0 Å². The van der Waals surface area contributed by atoms with Crippen molar-refractivity contribution in [3.05, 3.63) is 25.0 Å². The van der Waals surface area contributed by atoms with Gasteiger partial charge in [0, 0.05) is 0 Å². The Hall–Kier alpha value is -0.720. The van der Waals surface area contributed by atoms with Gasteiger partial charge in [-0.05, 0) is 38.2 Å². The van der Waals surface area contributed by atoms with Crippen LogP contribution in [0.25, 0.3) is 0 Å². The maximum atomic E-state index is 5.48. The van der Waals surface area contributed by atoms with E-state index >= 15 is 0 Å². The molecule has 0 aromatic heterocycles. The van der Waals surface area contributed by atoms with Crippen LogP contribution in [0.2, 0.25) is 0 Å². The molecule has 0 aliphatic carbocycles. The van der Waals surface area contributed by atoms with Gasteiger partial charge in [-0.15, -0.1) is 6.58 Å². The maximum Gasteiger partial charge on any atom is 0.0873 e. The first kappa shape index (κ1) is 18.3. The zero-order valence-electron chi connectivity index (χ0n) is 13.0. The summed E-state index contributed by atoms with van der Waals surface area (Å²) in [6.07, 6.45) is 21.6. The third-order valence-electron chi connectivity index (χ3n) is 3.34. The van der Waals surface area contributed by atoms with E-state index in [-0.39, 0.29) is 0 Å². The monoisotopic (exact) mass is 266 g/mol. The molecule has 0 unspecified atom stereocenters. The summed E-state index contributed by atoms with van der Waals surface area (Å²) in [7, 11) is 0. The summed E-state index contributed by atoms with van der Waals surface area (Å²) < 4.78 is 5.48. The molecule has 1 nitrogen and oxygen atoms in total. The van der Waals surface area contributed by atoms with Crippen LogP contribution in [-0.2, 0) is 4.74 Å². The van der Waals surface area contributed by atoms with Crippen LogP contribution in [0.4, 0.5) is 0 Å². The Morgan fingerprint density at radius 2 is 1.42 bits per heavy atom. The summed E-state index contributed by atoms with van der Waals surface area (Å²) in [5.74, 6) is 0. The quantitative estimate of drug-likeness (QED) is 0.189. The second kappa shape index (κ2) is 17.3. The molecule has 1 heteroatoms. The fourth-order valence-corrected chi connectivity index (χ4v) is 2.07. The molecule has 0 saturated heterocycles. The summed E-state index contributed by atoms with van der Waals surface area (Å²) >= 11 is 0. The Kier molecular flexibility index (Phi) is 16.6. The standard InChI is InChI=1S/C18H34O/c1-3-5-7-9-11-12-14-16-18-19-17-15-13-10-8-6-4-2/h4,16,18H,2-3,5-15,17H2,1H3/b18-16-. The fraction of sp³-hybridized carbons (Fsp3) is 0.778. The van der Waals surface area contributed by atoms with Crippen LogP contribution in [0.15, 0.2) is 25.0 Å². The molecule has 0 aromatic rings. The first-order valence-corrected chi connectivity index (χ1v) is 8.29. The smallest absolute Gasteiger partial charge is 0.0873 e. The van der Waals surface area contributed by atoms with Gasteiger partial charge < -0.3 is 4.74 Å². The minimum Gasteiger partial charge on any atom is -0.502 e. The van der Waals surface area contributed by atoms with Gasteiger partial charge in [0.1, 0.15) is 0 Å². The molecule has 0 amide bonds. The summed E-state index contributed by atoms with van der Waals surface area (Å²) in [5.41, 5.74) is 0. The first-order valence-electron chi connectivity index (χ1n) is 8.29. The molecule has 19 heavy (non-hydrogen) atoms. The van der Waals surface area contributed by atoms with E-state index in [0.717, 1.165) is 13.0 Å². The lowest BCUT2D eigenvalue weighted by molar-refractivity contribution is 0.239. The molecule has 0 fully saturated rings. The zero-order chi connectivity index (χ0) is 14.0. The number of unbranched alkanes of at least 4 members (excludes halogenated alkanes) is 10. The normalized spacial score (nSPS) is 11.0. The van der Waals surface area contributed by atoms with Crippen molar-refractivity contribution < 1.29 is 4.74 Å². The van der Waals surface area contributed by atoms with Gasteiger partial charge in [0.2, 0.25) is 0 Å². The number of allylic oxidation sites excluding steroid dienone is 2. The average Bonchev–Trinajstić information content (AvgIpc) is 2.43. The largest absolute Gasteiger partial charge is 0.502 e. The molecule has 0 atom stereocenters. The Balaban J connectivity index is 3.03. The van der Waals surface area contributed by atoms with Gasteiger partial charge in [-0.25, -0.2) is 0 Å². The lowest BCUT2D eigenvalue weighted by atomic mass is 10.1. The molecular weight excluding hydrogens is 232 g/mol. The Morgan fingerprint density at radius 3 is 2.16 bits per heavy atom. The van der Waals surface area contributed by atoms with Crippen molar-refractivity contribution in [2.24, 2.45) is 0 Å². The second-order valence-corrected chi connectivity index (χ2v) is 5.29. The molecule has 0 aliphatic heterocycles. The predicted octanol–water partition coefficient (Wildman–Crippen LogP) is 6.40. The highest BCUT2D eigenvalue weighted by molar-refractivity contribution is 4.73. The highest BCUT2D eigenvalue weighted by Crippen LogP contribution is 2.07. The van der Waals surface area contributed by atoms with Crippen LogP contribution >= 0.6 is 0 Å². The third-order valence-corrected chi connectivity index (χ3v) is 3.34. The minimum atomic E-state index is 0.876. The van der Waals surface area contributed by atoms with Gasteiger partial charge in [-0.3, -0.25) is 0 Å². The van der Waals surface area contributed by atoms with Crippen molar-refractivity contribution in [2.75, 3.05) is 6.61 Å². The van der Waals surface area contributed by atoms with Crippen LogP contribution in [0.1, 0.15) is 84.0 Å². The second-order valence-electron chi connectivity index (χ2n) is 5.29. The molecule has 0 radical (unpaired) electrons. The van der Waals surface area contributed by atoms with Gasteiger partial charge in [0.05, 0.1) is 12.9 Å². The van der Waals surface area contributed by atoms with Gasteiger partial charge in [-0.1, -0.05) is 57.9 Å². The Morgan fingerprint density at radius 1 is 0.789 bits per heavy atom. The molecule has 0 aromatic carbocycles. The fourth-order valence-electron chi connectivity index (χ4n) is 2.07. The number of rotatable bonds is 15. The number of hydrogen-bond acceptors (Lipinski definition) is 1. The van der Waals surface area contributed by atoms with E-state index in [2.05, 4.69) is 19.6 Å². The molecule has 0 heterocycles. The molecule has 0 bridgehead atoms. The number of hydrogen-bond donors (Lipinski definition) is 0. The summed E-state index contributed by atoms with van der Waals surface area (Å²) in [6.45, 7) is 6.87. The molecule has 0 saturated carbocycles. The van der Waals surface area contributed by atoms with Gasteiger partial charge >= 0.3 is 0 Å². The summed E-state index contributed by atoms with van der Waals surface area (Å²) in [4.78, 5) is 0. The van der Waals surface area contributed by atoms with Crippen molar-refractivity contribution in [3.8, 4) is 0 Å². The van der Waals surface area contributed by atoms with E-state index < -0.39 is 0 Å². The Labute approximate surface area is 121 Å². The van der Waals surface area contributed by atoms with E-state index in [1.54, 1.807) is 0 Å². The summed E-state index contributed by atoms with van der Waals surface area (Å²) in [5, 5.41) is 0. The number of ether oxygens (including phenoxy) is 1. The zero-order valence-corrected chi connectivity index (χ0v) is 13.0. The molecule has 0 rings (SSSR count). The van der Waals surface area contributed by atoms with E-state index in [0.29, 0.717) is 0 Å². The molecule has 0 aliphatic rings. The minimum absolute atomic E-state index is 0.876. The first-order chi connectivity index (χ1) is 9.41. The van der Waals surface area contributed by atoms with Crippen molar-refractivity contribution in [2.45, 2.75) is 84.0 Å². The highest BCUT2D eigenvalue weighted by atomic mass is 16.5.